The van der Waals surface area contributed by atoms with Crippen LogP contribution in [0.15, 0.2) is 36.4 Å². The second kappa shape index (κ2) is 12.4. The molecule has 0 atom stereocenters. The number of carbonyl (C=O) groups is 1. The summed E-state index contributed by atoms with van der Waals surface area (Å²) in [6, 6.07) is 5.57. The Kier molecular flexibility index (Phi) is 11.5. The summed E-state index contributed by atoms with van der Waals surface area (Å²) in [5.41, 5.74) is 2.44. The van der Waals surface area contributed by atoms with Gasteiger partial charge in [0.25, 0.3) is 5.91 Å². The van der Waals surface area contributed by atoms with E-state index < -0.39 is 5.83 Å². The maximum absolute atomic E-state index is 14.4. The van der Waals surface area contributed by atoms with Crippen LogP contribution in [0.4, 0.5) is 4.39 Å². The molecule has 0 aliphatic carbocycles. The zero-order valence-electron chi connectivity index (χ0n) is 16.6. The summed E-state index contributed by atoms with van der Waals surface area (Å²) in [6.07, 6.45) is 1.20. The Hall–Kier alpha value is -1.94. The van der Waals surface area contributed by atoms with Crippen molar-refractivity contribution in [2.75, 3.05) is 26.2 Å². The molecule has 0 aliphatic heterocycles. The van der Waals surface area contributed by atoms with Crippen LogP contribution >= 0.6 is 0 Å². The standard InChI is InChI=1S/C19H27FN2O.C2H6.H2/c1-6-22(7-2)11-10-21-19(23)16(5)13-18(20)17-12-14(3)8-9-15(17)4;1-2;/h8-9,12-13H,5-7,10-11H2,1-4H3,(H,21,23);1-2H3;1H/b18-13+;;. The summed E-state index contributed by atoms with van der Waals surface area (Å²) in [5, 5.41) is 2.77. The largest absolute Gasteiger partial charge is 0.351 e. The Morgan fingerprint density at radius 1 is 1.28 bits per heavy atom. The third-order valence-electron chi connectivity index (χ3n) is 3.85. The van der Waals surface area contributed by atoms with Gasteiger partial charge in [0.05, 0.1) is 0 Å². The number of rotatable bonds is 8. The van der Waals surface area contributed by atoms with Crippen LogP contribution in [0.3, 0.4) is 0 Å². The summed E-state index contributed by atoms with van der Waals surface area (Å²) in [7, 11) is 0. The van der Waals surface area contributed by atoms with Crippen molar-refractivity contribution in [3.8, 4) is 0 Å². The van der Waals surface area contributed by atoms with Crippen molar-refractivity contribution in [3.63, 3.8) is 0 Å². The fraction of sp³-hybridized carbons (Fsp3) is 0.476. The molecule has 142 valence electrons. The number of carbonyl (C=O) groups excluding carboxylic acids is 1. The molecular formula is C21H35FN2O. The molecule has 0 fully saturated rings. The maximum Gasteiger partial charge on any atom is 0.250 e. The highest BCUT2D eigenvalue weighted by atomic mass is 19.1. The molecule has 1 aromatic rings. The van der Waals surface area contributed by atoms with Gasteiger partial charge in [-0.3, -0.25) is 4.79 Å². The number of nitrogens with zero attached hydrogens (tertiary/aromatic N) is 1. The minimum absolute atomic E-state index is 0. The lowest BCUT2D eigenvalue weighted by molar-refractivity contribution is -0.117. The number of hydrogen-bond donors (Lipinski definition) is 1. The van der Waals surface area contributed by atoms with Crippen LogP contribution in [0.2, 0.25) is 0 Å². The maximum atomic E-state index is 14.4. The first-order valence-corrected chi connectivity index (χ1v) is 9.03. The van der Waals surface area contributed by atoms with Crippen LogP contribution in [-0.4, -0.2) is 37.0 Å². The Bertz CT molecular complexity index is 596. The van der Waals surface area contributed by atoms with Crippen molar-refractivity contribution < 1.29 is 10.6 Å². The number of aryl methyl sites for hydroxylation is 2. The SMILES string of the molecule is C=C(/C=C(/F)c1cc(C)ccc1C)C(=O)NCCN(CC)CC.CC.[HH]. The van der Waals surface area contributed by atoms with Gasteiger partial charge >= 0.3 is 0 Å². The molecule has 25 heavy (non-hydrogen) atoms. The van der Waals surface area contributed by atoms with Gasteiger partial charge in [-0.25, -0.2) is 4.39 Å². The highest BCUT2D eigenvalue weighted by molar-refractivity contribution is 5.97. The van der Waals surface area contributed by atoms with E-state index in [-0.39, 0.29) is 12.9 Å². The zero-order valence-corrected chi connectivity index (χ0v) is 16.6. The lowest BCUT2D eigenvalue weighted by Crippen LogP contribution is -2.35. The lowest BCUT2D eigenvalue weighted by atomic mass is 10.0. The minimum atomic E-state index is -0.435. The number of benzene rings is 1. The van der Waals surface area contributed by atoms with Crippen molar-refractivity contribution >= 4 is 11.7 Å². The predicted octanol–water partition coefficient (Wildman–Crippen LogP) is 4.90. The van der Waals surface area contributed by atoms with E-state index in [2.05, 4.69) is 30.6 Å². The van der Waals surface area contributed by atoms with Crippen LogP contribution in [0.1, 0.15) is 45.8 Å². The van der Waals surface area contributed by atoms with Gasteiger partial charge in [-0.05, 0) is 44.6 Å². The predicted molar refractivity (Wildman–Crippen MR) is 108 cm³/mol. The van der Waals surface area contributed by atoms with Crippen LogP contribution in [0.5, 0.6) is 0 Å². The van der Waals surface area contributed by atoms with Crippen LogP contribution in [0.25, 0.3) is 5.83 Å². The van der Waals surface area contributed by atoms with E-state index in [1.807, 2.05) is 39.8 Å². The molecule has 4 heteroatoms. The van der Waals surface area contributed by atoms with Crippen LogP contribution in [-0.2, 0) is 4.79 Å². The third-order valence-corrected chi connectivity index (χ3v) is 3.85. The van der Waals surface area contributed by atoms with E-state index in [1.54, 1.807) is 6.07 Å². The van der Waals surface area contributed by atoms with E-state index in [4.69, 9.17) is 0 Å². The molecule has 1 aromatic carbocycles. The molecule has 0 aromatic heterocycles. The topological polar surface area (TPSA) is 32.3 Å². The van der Waals surface area contributed by atoms with Gasteiger partial charge in [-0.2, -0.15) is 0 Å². The Balaban J connectivity index is 0. The summed E-state index contributed by atoms with van der Waals surface area (Å²) in [5.74, 6) is -0.771. The molecule has 0 saturated carbocycles. The van der Waals surface area contributed by atoms with E-state index in [0.717, 1.165) is 30.8 Å². The summed E-state index contributed by atoms with van der Waals surface area (Å²) < 4.78 is 14.4. The second-order valence-electron chi connectivity index (χ2n) is 5.62. The van der Waals surface area contributed by atoms with Gasteiger partial charge in [0, 0.05) is 25.7 Å². The number of nitrogens with one attached hydrogen (secondary N) is 1. The molecule has 0 aliphatic rings. The Morgan fingerprint density at radius 3 is 2.44 bits per heavy atom. The molecule has 0 radical (unpaired) electrons. The van der Waals surface area contributed by atoms with Crippen molar-refractivity contribution in [2.24, 2.45) is 0 Å². The average molecular weight is 351 g/mol. The highest BCUT2D eigenvalue weighted by Gasteiger charge is 2.10. The van der Waals surface area contributed by atoms with E-state index >= 15 is 0 Å². The average Bonchev–Trinajstić information content (AvgIpc) is 2.62. The molecular weight excluding hydrogens is 315 g/mol. The second-order valence-corrected chi connectivity index (χ2v) is 5.62. The van der Waals surface area contributed by atoms with Gasteiger partial charge in [-0.15, -0.1) is 0 Å². The van der Waals surface area contributed by atoms with Gasteiger partial charge in [0.1, 0.15) is 5.83 Å². The molecule has 0 unspecified atom stereocenters. The first kappa shape index (κ1) is 23.1. The lowest BCUT2D eigenvalue weighted by Gasteiger charge is -2.17. The van der Waals surface area contributed by atoms with Gasteiger partial charge in [0.15, 0.2) is 0 Å². The van der Waals surface area contributed by atoms with Crippen molar-refractivity contribution in [2.45, 2.75) is 41.5 Å². The molecule has 1 rings (SSSR count). The number of halogens is 1. The summed E-state index contributed by atoms with van der Waals surface area (Å²) in [4.78, 5) is 14.2. The van der Waals surface area contributed by atoms with Gasteiger partial charge in [-0.1, -0.05) is 52.0 Å². The number of hydrogen-bond acceptors (Lipinski definition) is 2. The normalized spacial score (nSPS) is 11.0. The Labute approximate surface area is 154 Å². The minimum Gasteiger partial charge on any atom is -0.351 e. The summed E-state index contributed by atoms with van der Waals surface area (Å²) in [6.45, 7) is 18.7. The van der Waals surface area contributed by atoms with E-state index in [9.17, 15) is 9.18 Å². The first-order chi connectivity index (χ1) is 11.9. The highest BCUT2D eigenvalue weighted by Crippen LogP contribution is 2.22. The first-order valence-electron chi connectivity index (χ1n) is 9.03. The number of amides is 1. The quantitative estimate of drug-likeness (QED) is 0.534. The van der Waals surface area contributed by atoms with E-state index in [0.29, 0.717) is 12.1 Å². The third kappa shape index (κ3) is 8.12. The fourth-order valence-electron chi connectivity index (χ4n) is 2.27. The number of likely N-dealkylation sites (N-methyl/N-ethyl adjacent to an activating group) is 1. The van der Waals surface area contributed by atoms with Crippen LogP contribution in [0, 0.1) is 13.8 Å². The van der Waals surface area contributed by atoms with Gasteiger partial charge in [0.2, 0.25) is 0 Å². The molecule has 1 N–H and O–H groups in total. The molecule has 0 saturated heterocycles. The van der Waals surface area contributed by atoms with Crippen molar-refractivity contribution in [1.82, 2.24) is 10.2 Å². The van der Waals surface area contributed by atoms with Crippen LogP contribution < -0.4 is 5.32 Å². The Morgan fingerprint density at radius 2 is 1.88 bits per heavy atom. The molecule has 0 spiro atoms. The molecule has 0 heterocycles. The zero-order chi connectivity index (χ0) is 19.4. The molecule has 1 amide bonds. The fourth-order valence-corrected chi connectivity index (χ4v) is 2.27. The smallest absolute Gasteiger partial charge is 0.250 e. The van der Waals surface area contributed by atoms with Crippen molar-refractivity contribution in [3.05, 3.63) is 53.1 Å². The molecule has 0 bridgehead atoms. The molecule has 3 nitrogen and oxygen atoms in total. The van der Waals surface area contributed by atoms with Crippen molar-refractivity contribution in [1.29, 1.82) is 0 Å². The van der Waals surface area contributed by atoms with E-state index in [1.165, 1.54) is 6.08 Å². The van der Waals surface area contributed by atoms with Gasteiger partial charge < -0.3 is 10.2 Å². The summed E-state index contributed by atoms with van der Waals surface area (Å²) >= 11 is 0. The monoisotopic (exact) mass is 350 g/mol.